The minimum atomic E-state index is -0.104. The average Bonchev–Trinajstić information content (AvgIpc) is 2.85. The Bertz CT molecular complexity index is 1050. The summed E-state index contributed by atoms with van der Waals surface area (Å²) in [5, 5.41) is 3.24. The molecule has 1 aromatic heterocycles. The molecule has 0 bridgehead atoms. The molecule has 2 aromatic carbocycles. The molecule has 1 fully saturated rings. The van der Waals surface area contributed by atoms with Crippen molar-refractivity contribution >= 4 is 23.1 Å². The summed E-state index contributed by atoms with van der Waals surface area (Å²) < 4.78 is 10.8. The Balaban J connectivity index is 1.46. The third kappa shape index (κ3) is 5.00. The molecule has 1 amide bonds. The Labute approximate surface area is 188 Å². The number of nitrogens with zero attached hydrogens (tertiary/aromatic N) is 3. The van der Waals surface area contributed by atoms with Crippen LogP contribution in [0.1, 0.15) is 15.9 Å². The van der Waals surface area contributed by atoms with Gasteiger partial charge in [0.05, 0.1) is 31.6 Å². The van der Waals surface area contributed by atoms with Gasteiger partial charge in [0.2, 0.25) is 0 Å². The van der Waals surface area contributed by atoms with Gasteiger partial charge in [0.1, 0.15) is 11.6 Å². The van der Waals surface area contributed by atoms with Gasteiger partial charge >= 0.3 is 0 Å². The SMILES string of the molecule is COc1ccccc1Nc1ncccc1C(=O)N(C)Cc1ccc(N2CCOCC2)cc1. The van der Waals surface area contributed by atoms with Crippen molar-refractivity contribution in [2.75, 3.05) is 50.7 Å². The number of anilines is 3. The van der Waals surface area contributed by atoms with Gasteiger partial charge in [-0.3, -0.25) is 4.79 Å². The van der Waals surface area contributed by atoms with Gasteiger partial charge in [0.15, 0.2) is 0 Å². The van der Waals surface area contributed by atoms with Gasteiger partial charge in [-0.15, -0.1) is 0 Å². The van der Waals surface area contributed by atoms with Crippen LogP contribution in [0.15, 0.2) is 66.9 Å². The number of nitrogens with one attached hydrogen (secondary N) is 1. The average molecular weight is 433 g/mol. The number of benzene rings is 2. The predicted octanol–water partition coefficient (Wildman–Crippen LogP) is 3.94. The van der Waals surface area contributed by atoms with E-state index in [4.69, 9.17) is 9.47 Å². The molecule has 0 aliphatic carbocycles. The van der Waals surface area contributed by atoms with Crippen LogP contribution < -0.4 is 15.0 Å². The molecule has 1 aliphatic heterocycles. The molecule has 7 nitrogen and oxygen atoms in total. The lowest BCUT2D eigenvalue weighted by atomic mass is 10.1. The van der Waals surface area contributed by atoms with Gasteiger partial charge in [0.25, 0.3) is 5.91 Å². The number of methoxy groups -OCH3 is 1. The van der Waals surface area contributed by atoms with E-state index in [1.54, 1.807) is 37.4 Å². The van der Waals surface area contributed by atoms with Gasteiger partial charge in [-0.1, -0.05) is 24.3 Å². The summed E-state index contributed by atoms with van der Waals surface area (Å²) in [6.45, 7) is 3.83. The van der Waals surface area contributed by atoms with E-state index in [1.807, 2.05) is 24.3 Å². The fourth-order valence-electron chi connectivity index (χ4n) is 3.74. The summed E-state index contributed by atoms with van der Waals surface area (Å²) >= 11 is 0. The highest BCUT2D eigenvalue weighted by molar-refractivity contribution is 5.99. The van der Waals surface area contributed by atoms with E-state index in [9.17, 15) is 4.79 Å². The van der Waals surface area contributed by atoms with Gasteiger partial charge in [-0.25, -0.2) is 4.98 Å². The summed E-state index contributed by atoms with van der Waals surface area (Å²) in [6, 6.07) is 19.5. The number of hydrogen-bond acceptors (Lipinski definition) is 6. The maximum absolute atomic E-state index is 13.2. The van der Waals surface area contributed by atoms with Crippen molar-refractivity contribution in [1.82, 2.24) is 9.88 Å². The van der Waals surface area contributed by atoms with Crippen molar-refractivity contribution in [3.8, 4) is 5.75 Å². The number of carbonyl (C=O) groups excluding carboxylic acids is 1. The van der Waals surface area contributed by atoms with Crippen LogP contribution in [0.3, 0.4) is 0 Å². The van der Waals surface area contributed by atoms with Crippen LogP contribution in [0, 0.1) is 0 Å². The highest BCUT2D eigenvalue weighted by Crippen LogP contribution is 2.28. The molecule has 0 radical (unpaired) electrons. The molecule has 32 heavy (non-hydrogen) atoms. The standard InChI is InChI=1S/C25H28N4O3/c1-28(18-19-9-11-20(12-10-19)29-14-16-32-17-15-29)25(30)21-6-5-13-26-24(21)27-22-7-3-4-8-23(22)31-2/h3-13H,14-18H2,1-2H3,(H,26,27). The van der Waals surface area contributed by atoms with Crippen molar-refractivity contribution in [3.05, 3.63) is 78.0 Å². The Morgan fingerprint density at radius 1 is 1.09 bits per heavy atom. The smallest absolute Gasteiger partial charge is 0.257 e. The summed E-state index contributed by atoms with van der Waals surface area (Å²) in [6.07, 6.45) is 1.67. The van der Waals surface area contributed by atoms with Crippen LogP contribution in [0.2, 0.25) is 0 Å². The van der Waals surface area contributed by atoms with Gasteiger partial charge in [-0.2, -0.15) is 0 Å². The van der Waals surface area contributed by atoms with Crippen molar-refractivity contribution in [2.24, 2.45) is 0 Å². The van der Waals surface area contributed by atoms with E-state index >= 15 is 0 Å². The van der Waals surface area contributed by atoms with Crippen LogP contribution >= 0.6 is 0 Å². The van der Waals surface area contributed by atoms with Crippen molar-refractivity contribution in [2.45, 2.75) is 6.54 Å². The molecule has 166 valence electrons. The van der Waals surface area contributed by atoms with E-state index in [-0.39, 0.29) is 5.91 Å². The van der Waals surface area contributed by atoms with Gasteiger partial charge < -0.3 is 24.6 Å². The minimum Gasteiger partial charge on any atom is -0.495 e. The van der Waals surface area contributed by atoms with Crippen LogP contribution in [0.5, 0.6) is 5.75 Å². The van der Waals surface area contributed by atoms with E-state index < -0.39 is 0 Å². The quantitative estimate of drug-likeness (QED) is 0.610. The number of hydrogen-bond donors (Lipinski definition) is 1. The Hall–Kier alpha value is -3.58. The lowest BCUT2D eigenvalue weighted by Crippen LogP contribution is -2.36. The number of aromatic nitrogens is 1. The highest BCUT2D eigenvalue weighted by atomic mass is 16.5. The van der Waals surface area contributed by atoms with E-state index in [0.29, 0.717) is 23.7 Å². The van der Waals surface area contributed by atoms with E-state index in [2.05, 4.69) is 39.5 Å². The number of para-hydroxylation sites is 2. The molecule has 7 heteroatoms. The van der Waals surface area contributed by atoms with Crippen molar-refractivity contribution in [1.29, 1.82) is 0 Å². The molecule has 4 rings (SSSR count). The molecular weight excluding hydrogens is 404 g/mol. The second kappa shape index (κ2) is 10.2. The predicted molar refractivity (Wildman–Crippen MR) is 126 cm³/mol. The summed E-state index contributed by atoms with van der Waals surface area (Å²) in [5.41, 5.74) is 3.51. The minimum absolute atomic E-state index is 0.104. The maximum atomic E-state index is 13.2. The first-order valence-electron chi connectivity index (χ1n) is 10.7. The summed E-state index contributed by atoms with van der Waals surface area (Å²) in [4.78, 5) is 21.6. The molecule has 0 unspecified atom stereocenters. The highest BCUT2D eigenvalue weighted by Gasteiger charge is 2.18. The third-order valence-corrected chi connectivity index (χ3v) is 5.48. The lowest BCUT2D eigenvalue weighted by Gasteiger charge is -2.29. The number of rotatable bonds is 7. The molecule has 3 aromatic rings. The maximum Gasteiger partial charge on any atom is 0.257 e. The normalized spacial score (nSPS) is 13.5. The second-order valence-electron chi connectivity index (χ2n) is 7.65. The molecule has 0 saturated carbocycles. The zero-order valence-electron chi connectivity index (χ0n) is 18.5. The second-order valence-corrected chi connectivity index (χ2v) is 7.65. The third-order valence-electron chi connectivity index (χ3n) is 5.48. The Morgan fingerprint density at radius 3 is 2.59 bits per heavy atom. The largest absolute Gasteiger partial charge is 0.495 e. The van der Waals surface area contributed by atoms with Crippen LogP contribution in [-0.2, 0) is 11.3 Å². The Kier molecular flexibility index (Phi) is 6.87. The summed E-state index contributed by atoms with van der Waals surface area (Å²) in [7, 11) is 3.42. The van der Waals surface area contributed by atoms with Crippen LogP contribution in [-0.4, -0.2) is 56.3 Å². The van der Waals surface area contributed by atoms with E-state index in [0.717, 1.165) is 37.6 Å². The summed E-state index contributed by atoms with van der Waals surface area (Å²) in [5.74, 6) is 1.08. The molecule has 1 aliphatic rings. The number of morpholine rings is 1. The van der Waals surface area contributed by atoms with Crippen LogP contribution in [0.4, 0.5) is 17.2 Å². The lowest BCUT2D eigenvalue weighted by molar-refractivity contribution is 0.0785. The first-order chi connectivity index (χ1) is 15.7. The molecule has 0 spiro atoms. The van der Waals surface area contributed by atoms with Crippen molar-refractivity contribution < 1.29 is 14.3 Å². The first-order valence-corrected chi connectivity index (χ1v) is 10.7. The number of ether oxygens (including phenoxy) is 2. The number of amides is 1. The topological polar surface area (TPSA) is 66.9 Å². The first kappa shape index (κ1) is 21.6. The van der Waals surface area contributed by atoms with Crippen molar-refractivity contribution in [3.63, 3.8) is 0 Å². The zero-order valence-corrected chi connectivity index (χ0v) is 18.5. The number of pyridine rings is 1. The molecule has 0 atom stereocenters. The monoisotopic (exact) mass is 432 g/mol. The van der Waals surface area contributed by atoms with Gasteiger partial charge in [-0.05, 0) is 42.0 Å². The number of carbonyl (C=O) groups is 1. The van der Waals surface area contributed by atoms with Crippen LogP contribution in [0.25, 0.3) is 0 Å². The molecule has 2 heterocycles. The fourth-order valence-corrected chi connectivity index (χ4v) is 3.74. The Morgan fingerprint density at radius 2 is 1.84 bits per heavy atom. The molecular formula is C25H28N4O3. The van der Waals surface area contributed by atoms with Gasteiger partial charge in [0, 0.05) is 38.6 Å². The molecule has 1 N–H and O–H groups in total. The van der Waals surface area contributed by atoms with E-state index in [1.165, 1.54) is 5.69 Å². The zero-order chi connectivity index (χ0) is 22.3. The molecule has 1 saturated heterocycles. The fraction of sp³-hybridized carbons (Fsp3) is 0.280.